The normalized spacial score (nSPS) is 16.8. The van der Waals surface area contributed by atoms with Gasteiger partial charge in [-0.15, -0.1) is 0 Å². The maximum atomic E-state index is 12.6. The lowest BCUT2D eigenvalue weighted by atomic mass is 9.74. The third-order valence-corrected chi connectivity index (χ3v) is 4.02. The van der Waals surface area contributed by atoms with Gasteiger partial charge >= 0.3 is 0 Å². The highest BCUT2D eigenvalue weighted by molar-refractivity contribution is 5.99. The molecule has 0 aromatic heterocycles. The Morgan fingerprint density at radius 1 is 1.15 bits per heavy atom. The maximum absolute atomic E-state index is 12.6. The maximum Gasteiger partial charge on any atom is 0.247 e. The number of nitrogens with zero attached hydrogens (tertiary/aromatic N) is 3. The van der Waals surface area contributed by atoms with Gasteiger partial charge in [0, 0.05) is 12.7 Å². The summed E-state index contributed by atoms with van der Waals surface area (Å²) in [6.07, 6.45) is 4.24. The molecule has 0 unspecified atom stereocenters. The molecule has 0 heterocycles. The van der Waals surface area contributed by atoms with Gasteiger partial charge in [0.25, 0.3) is 0 Å². The van der Waals surface area contributed by atoms with E-state index in [4.69, 9.17) is 5.26 Å². The van der Waals surface area contributed by atoms with Crippen molar-refractivity contribution in [3.8, 4) is 12.1 Å². The summed E-state index contributed by atoms with van der Waals surface area (Å²) in [6, 6.07) is 11.1. The number of amides is 1. The summed E-state index contributed by atoms with van der Waals surface area (Å²) < 4.78 is 0. The van der Waals surface area contributed by atoms with Gasteiger partial charge in [-0.3, -0.25) is 4.79 Å². The fourth-order valence-electron chi connectivity index (χ4n) is 2.73. The van der Waals surface area contributed by atoms with Crippen LogP contribution in [0.25, 0.3) is 0 Å². The highest BCUT2D eigenvalue weighted by Gasteiger charge is 2.41. The van der Waals surface area contributed by atoms with Gasteiger partial charge in [-0.05, 0) is 37.1 Å². The summed E-state index contributed by atoms with van der Waals surface area (Å²) in [5, 5.41) is 18.2. The molecule has 1 amide bonds. The molecule has 0 radical (unpaired) electrons. The summed E-state index contributed by atoms with van der Waals surface area (Å²) >= 11 is 0. The van der Waals surface area contributed by atoms with Gasteiger partial charge in [0.05, 0.1) is 17.7 Å². The first-order valence-corrected chi connectivity index (χ1v) is 6.82. The number of hydrogen-bond acceptors (Lipinski definition) is 3. The predicted molar refractivity (Wildman–Crippen MR) is 75.7 cm³/mol. The van der Waals surface area contributed by atoms with Crippen molar-refractivity contribution in [1.29, 1.82) is 10.5 Å². The number of rotatable bonds is 2. The molecule has 1 aliphatic carbocycles. The van der Waals surface area contributed by atoms with Gasteiger partial charge in [0.1, 0.15) is 5.41 Å². The molecule has 1 fully saturated rings. The van der Waals surface area contributed by atoms with Crippen molar-refractivity contribution in [2.24, 2.45) is 5.41 Å². The summed E-state index contributed by atoms with van der Waals surface area (Å²) in [4.78, 5) is 14.2. The van der Waals surface area contributed by atoms with Gasteiger partial charge < -0.3 is 4.90 Å². The van der Waals surface area contributed by atoms with Crippen molar-refractivity contribution in [2.75, 3.05) is 11.9 Å². The van der Waals surface area contributed by atoms with E-state index in [1.807, 2.05) is 6.07 Å². The van der Waals surface area contributed by atoms with Gasteiger partial charge in [-0.25, -0.2) is 0 Å². The molecule has 4 nitrogen and oxygen atoms in total. The Hall–Kier alpha value is -2.33. The highest BCUT2D eigenvalue weighted by Crippen LogP contribution is 2.38. The Morgan fingerprint density at radius 3 is 2.25 bits per heavy atom. The second kappa shape index (κ2) is 5.75. The Kier molecular flexibility index (Phi) is 4.05. The van der Waals surface area contributed by atoms with E-state index in [9.17, 15) is 10.1 Å². The van der Waals surface area contributed by atoms with Crippen molar-refractivity contribution < 1.29 is 4.79 Å². The minimum absolute atomic E-state index is 0.135. The number of carbonyl (C=O) groups excluding carboxylic acids is 1. The minimum Gasteiger partial charge on any atom is -0.314 e. The quantitative estimate of drug-likeness (QED) is 0.827. The van der Waals surface area contributed by atoms with E-state index < -0.39 is 5.41 Å². The van der Waals surface area contributed by atoms with E-state index in [0.717, 1.165) is 19.3 Å². The van der Waals surface area contributed by atoms with Crippen LogP contribution >= 0.6 is 0 Å². The SMILES string of the molecule is CN(C(=O)C1(C#N)CCCCC1)c1ccc(C#N)cc1. The Balaban J connectivity index is 2.23. The van der Waals surface area contributed by atoms with Crippen LogP contribution < -0.4 is 4.90 Å². The summed E-state index contributed by atoms with van der Waals surface area (Å²) in [5.41, 5.74) is 0.400. The van der Waals surface area contributed by atoms with E-state index in [0.29, 0.717) is 24.1 Å². The molecule has 0 N–H and O–H groups in total. The third-order valence-electron chi connectivity index (χ3n) is 4.02. The van der Waals surface area contributed by atoms with Crippen LogP contribution in [-0.4, -0.2) is 13.0 Å². The minimum atomic E-state index is -0.874. The van der Waals surface area contributed by atoms with Gasteiger partial charge in [0.2, 0.25) is 5.91 Å². The molecule has 4 heteroatoms. The predicted octanol–water partition coefficient (Wildman–Crippen LogP) is 3.00. The van der Waals surface area contributed by atoms with Crippen molar-refractivity contribution in [3.63, 3.8) is 0 Å². The number of nitriles is 2. The zero-order valence-electron chi connectivity index (χ0n) is 11.6. The highest BCUT2D eigenvalue weighted by atomic mass is 16.2. The number of carbonyl (C=O) groups is 1. The Morgan fingerprint density at radius 2 is 1.75 bits per heavy atom. The first-order valence-electron chi connectivity index (χ1n) is 6.82. The van der Waals surface area contributed by atoms with E-state index in [-0.39, 0.29) is 5.91 Å². The first-order chi connectivity index (χ1) is 9.63. The summed E-state index contributed by atoms with van der Waals surface area (Å²) in [6.45, 7) is 0. The van der Waals surface area contributed by atoms with Crippen LogP contribution in [0.15, 0.2) is 24.3 Å². The summed E-state index contributed by atoms with van der Waals surface area (Å²) in [7, 11) is 1.69. The third kappa shape index (κ3) is 2.51. The van der Waals surface area contributed by atoms with Gasteiger partial charge in [-0.1, -0.05) is 19.3 Å². The topological polar surface area (TPSA) is 67.9 Å². The average molecular weight is 267 g/mol. The number of anilines is 1. The second-order valence-electron chi connectivity index (χ2n) is 5.28. The number of benzene rings is 1. The molecule has 20 heavy (non-hydrogen) atoms. The summed E-state index contributed by atoms with van der Waals surface area (Å²) in [5.74, 6) is -0.135. The van der Waals surface area contributed by atoms with Crippen molar-refractivity contribution >= 4 is 11.6 Å². The molecule has 2 rings (SSSR count). The van der Waals surface area contributed by atoms with Crippen LogP contribution in [0.2, 0.25) is 0 Å². The molecule has 1 aromatic carbocycles. The molecule has 0 spiro atoms. The molecule has 1 aliphatic rings. The van der Waals surface area contributed by atoms with Crippen LogP contribution in [0.3, 0.4) is 0 Å². The lowest BCUT2D eigenvalue weighted by Gasteiger charge is -2.33. The molecule has 102 valence electrons. The Bertz CT molecular complexity index is 571. The molecular weight excluding hydrogens is 250 g/mol. The van der Waals surface area contributed by atoms with Gasteiger partial charge in [-0.2, -0.15) is 10.5 Å². The second-order valence-corrected chi connectivity index (χ2v) is 5.28. The lowest BCUT2D eigenvalue weighted by molar-refractivity contribution is -0.126. The van der Waals surface area contributed by atoms with Crippen molar-refractivity contribution in [2.45, 2.75) is 32.1 Å². The molecule has 0 saturated heterocycles. The van der Waals surface area contributed by atoms with Crippen LogP contribution in [0.5, 0.6) is 0 Å². The van der Waals surface area contributed by atoms with Gasteiger partial charge in [0.15, 0.2) is 0 Å². The van der Waals surface area contributed by atoms with E-state index in [1.54, 1.807) is 31.3 Å². The zero-order valence-corrected chi connectivity index (χ0v) is 11.6. The molecule has 0 bridgehead atoms. The fraction of sp³-hybridized carbons (Fsp3) is 0.438. The Labute approximate surface area is 119 Å². The first kappa shape index (κ1) is 14.1. The fourth-order valence-corrected chi connectivity index (χ4v) is 2.73. The average Bonchev–Trinajstić information content (AvgIpc) is 2.54. The van der Waals surface area contributed by atoms with E-state index in [1.165, 1.54) is 4.90 Å². The van der Waals surface area contributed by atoms with Crippen LogP contribution in [-0.2, 0) is 4.79 Å². The zero-order chi connectivity index (χ0) is 14.6. The van der Waals surface area contributed by atoms with Crippen LogP contribution in [0.4, 0.5) is 5.69 Å². The van der Waals surface area contributed by atoms with Crippen molar-refractivity contribution in [3.05, 3.63) is 29.8 Å². The molecule has 0 aliphatic heterocycles. The van der Waals surface area contributed by atoms with Crippen LogP contribution in [0, 0.1) is 28.1 Å². The molecular formula is C16H17N3O. The number of hydrogen-bond donors (Lipinski definition) is 0. The molecule has 1 saturated carbocycles. The lowest BCUT2D eigenvalue weighted by Crippen LogP contribution is -2.42. The van der Waals surface area contributed by atoms with Crippen molar-refractivity contribution in [1.82, 2.24) is 0 Å². The van der Waals surface area contributed by atoms with Crippen LogP contribution in [0.1, 0.15) is 37.7 Å². The molecule has 0 atom stereocenters. The van der Waals surface area contributed by atoms with E-state index >= 15 is 0 Å². The monoisotopic (exact) mass is 267 g/mol. The molecule has 1 aromatic rings. The van der Waals surface area contributed by atoms with E-state index in [2.05, 4.69) is 6.07 Å². The standard InChI is InChI=1S/C16H17N3O/c1-19(14-7-5-13(11-17)6-8-14)15(20)16(12-18)9-3-2-4-10-16/h5-8H,2-4,9-10H2,1H3. The smallest absolute Gasteiger partial charge is 0.247 e. The largest absolute Gasteiger partial charge is 0.314 e.